The van der Waals surface area contributed by atoms with E-state index in [1.165, 1.54) is 5.56 Å². The standard InChI is InChI=1S/C16H22N4O.HI/c1-4-13-5-7-14(8-6-13)19-16(17)18-10-9-15-11(2)20-21-12(15)3;/h5-8H,4,9-10H2,1-3H3,(H3,17,18,19);1H. The summed E-state index contributed by atoms with van der Waals surface area (Å²) in [5.41, 5.74) is 10.2. The molecule has 5 nitrogen and oxygen atoms in total. The summed E-state index contributed by atoms with van der Waals surface area (Å²) in [4.78, 5) is 4.33. The minimum absolute atomic E-state index is 0. The van der Waals surface area contributed by atoms with Crippen LogP contribution in [-0.4, -0.2) is 17.7 Å². The predicted octanol–water partition coefficient (Wildman–Crippen LogP) is 3.44. The number of rotatable bonds is 5. The maximum absolute atomic E-state index is 5.89. The summed E-state index contributed by atoms with van der Waals surface area (Å²) in [7, 11) is 0. The van der Waals surface area contributed by atoms with Gasteiger partial charge in [0.05, 0.1) is 5.69 Å². The lowest BCUT2D eigenvalue weighted by Crippen LogP contribution is -2.23. The van der Waals surface area contributed by atoms with Gasteiger partial charge in [-0.15, -0.1) is 24.0 Å². The Morgan fingerprint density at radius 1 is 1.27 bits per heavy atom. The molecule has 1 heterocycles. The van der Waals surface area contributed by atoms with E-state index in [4.69, 9.17) is 10.3 Å². The first kappa shape index (κ1) is 18.5. The van der Waals surface area contributed by atoms with Crippen molar-refractivity contribution in [2.45, 2.75) is 33.6 Å². The Kier molecular flexibility index (Phi) is 7.37. The molecule has 120 valence electrons. The molecule has 0 aliphatic carbocycles. The number of anilines is 1. The zero-order valence-electron chi connectivity index (χ0n) is 13.2. The van der Waals surface area contributed by atoms with Gasteiger partial charge in [0.1, 0.15) is 5.76 Å². The van der Waals surface area contributed by atoms with Gasteiger partial charge in [-0.05, 0) is 44.4 Å². The summed E-state index contributed by atoms with van der Waals surface area (Å²) >= 11 is 0. The minimum atomic E-state index is 0. The molecule has 0 unspecified atom stereocenters. The third-order valence-corrected chi connectivity index (χ3v) is 3.46. The fourth-order valence-electron chi connectivity index (χ4n) is 2.16. The number of aliphatic imine (C=N–C) groups is 1. The maximum atomic E-state index is 5.89. The van der Waals surface area contributed by atoms with Crippen LogP contribution < -0.4 is 11.1 Å². The molecule has 2 rings (SSSR count). The van der Waals surface area contributed by atoms with Crippen LogP contribution in [0, 0.1) is 13.8 Å². The van der Waals surface area contributed by atoms with E-state index in [2.05, 4.69) is 34.5 Å². The Labute approximate surface area is 148 Å². The van der Waals surface area contributed by atoms with Crippen LogP contribution in [-0.2, 0) is 12.8 Å². The zero-order valence-corrected chi connectivity index (χ0v) is 15.5. The van der Waals surface area contributed by atoms with Crippen LogP contribution in [0.2, 0.25) is 0 Å². The first-order valence-corrected chi connectivity index (χ1v) is 7.17. The monoisotopic (exact) mass is 414 g/mol. The van der Waals surface area contributed by atoms with Crippen molar-refractivity contribution in [3.8, 4) is 0 Å². The molecule has 3 N–H and O–H groups in total. The molecule has 1 aromatic heterocycles. The van der Waals surface area contributed by atoms with E-state index < -0.39 is 0 Å². The fraction of sp³-hybridized carbons (Fsp3) is 0.375. The molecule has 0 aliphatic heterocycles. The number of nitrogens with two attached hydrogens (primary N) is 1. The third kappa shape index (κ3) is 5.01. The molecule has 6 heteroatoms. The van der Waals surface area contributed by atoms with Crippen molar-refractivity contribution >= 4 is 35.6 Å². The largest absolute Gasteiger partial charge is 0.370 e. The van der Waals surface area contributed by atoms with E-state index in [-0.39, 0.29) is 24.0 Å². The highest BCUT2D eigenvalue weighted by Gasteiger charge is 2.07. The van der Waals surface area contributed by atoms with Crippen molar-refractivity contribution in [3.05, 3.63) is 46.8 Å². The molecule has 0 saturated heterocycles. The van der Waals surface area contributed by atoms with Crippen molar-refractivity contribution in [1.29, 1.82) is 0 Å². The zero-order chi connectivity index (χ0) is 15.2. The van der Waals surface area contributed by atoms with Crippen LogP contribution in [0.4, 0.5) is 5.69 Å². The van der Waals surface area contributed by atoms with Gasteiger partial charge >= 0.3 is 0 Å². The highest BCUT2D eigenvalue weighted by atomic mass is 127. The molecule has 0 amide bonds. The molecule has 2 aromatic rings. The van der Waals surface area contributed by atoms with Crippen molar-refractivity contribution in [3.63, 3.8) is 0 Å². The van der Waals surface area contributed by atoms with Crippen molar-refractivity contribution in [2.24, 2.45) is 10.7 Å². The van der Waals surface area contributed by atoms with E-state index in [9.17, 15) is 0 Å². The number of guanidine groups is 1. The van der Waals surface area contributed by atoms with E-state index in [0.29, 0.717) is 12.5 Å². The third-order valence-electron chi connectivity index (χ3n) is 3.46. The van der Waals surface area contributed by atoms with Crippen LogP contribution in [0.25, 0.3) is 0 Å². The first-order chi connectivity index (χ1) is 10.1. The second-order valence-electron chi connectivity index (χ2n) is 5.00. The Bertz CT molecular complexity index is 600. The van der Waals surface area contributed by atoms with Crippen LogP contribution >= 0.6 is 24.0 Å². The molecular weight excluding hydrogens is 391 g/mol. The van der Waals surface area contributed by atoms with E-state index in [0.717, 1.165) is 35.5 Å². The van der Waals surface area contributed by atoms with Crippen LogP contribution in [0.3, 0.4) is 0 Å². The first-order valence-electron chi connectivity index (χ1n) is 7.17. The molecule has 0 saturated carbocycles. The SMILES string of the molecule is CCc1ccc(NC(N)=NCCc2c(C)noc2C)cc1.I. The van der Waals surface area contributed by atoms with Crippen molar-refractivity contribution in [1.82, 2.24) is 5.16 Å². The second kappa shape index (κ2) is 8.77. The Morgan fingerprint density at radius 3 is 2.50 bits per heavy atom. The van der Waals surface area contributed by atoms with Crippen molar-refractivity contribution in [2.75, 3.05) is 11.9 Å². The second-order valence-corrected chi connectivity index (χ2v) is 5.00. The number of hydrogen-bond donors (Lipinski definition) is 2. The summed E-state index contributed by atoms with van der Waals surface area (Å²) < 4.78 is 5.12. The van der Waals surface area contributed by atoms with Gasteiger partial charge in [0.2, 0.25) is 0 Å². The number of nitrogens with one attached hydrogen (secondary N) is 1. The average molecular weight is 414 g/mol. The van der Waals surface area contributed by atoms with Gasteiger partial charge in [0.25, 0.3) is 0 Å². The molecular formula is C16H23IN4O. The highest BCUT2D eigenvalue weighted by Crippen LogP contribution is 2.13. The van der Waals surface area contributed by atoms with Gasteiger partial charge in [-0.3, -0.25) is 4.99 Å². The normalized spacial score (nSPS) is 11.1. The minimum Gasteiger partial charge on any atom is -0.370 e. The quantitative estimate of drug-likeness (QED) is 0.447. The predicted molar refractivity (Wildman–Crippen MR) is 101 cm³/mol. The average Bonchev–Trinajstić information content (AvgIpc) is 2.80. The number of aryl methyl sites for hydroxylation is 3. The number of benzene rings is 1. The lowest BCUT2D eigenvalue weighted by Gasteiger charge is -2.06. The van der Waals surface area contributed by atoms with Gasteiger partial charge < -0.3 is 15.6 Å². The molecule has 22 heavy (non-hydrogen) atoms. The van der Waals surface area contributed by atoms with Crippen molar-refractivity contribution < 1.29 is 4.52 Å². The summed E-state index contributed by atoms with van der Waals surface area (Å²) in [6.45, 7) is 6.59. The molecule has 0 atom stereocenters. The molecule has 0 spiro atoms. The van der Waals surface area contributed by atoms with Gasteiger partial charge in [-0.25, -0.2) is 0 Å². The van der Waals surface area contributed by atoms with E-state index in [1.54, 1.807) is 0 Å². The van der Waals surface area contributed by atoms with Gasteiger partial charge in [-0.2, -0.15) is 0 Å². The maximum Gasteiger partial charge on any atom is 0.193 e. The highest BCUT2D eigenvalue weighted by molar-refractivity contribution is 14.0. The van der Waals surface area contributed by atoms with Crippen LogP contribution in [0.15, 0.2) is 33.8 Å². The van der Waals surface area contributed by atoms with E-state index in [1.807, 2.05) is 26.0 Å². The number of hydrogen-bond acceptors (Lipinski definition) is 3. The lowest BCUT2D eigenvalue weighted by atomic mass is 10.1. The Hall–Kier alpha value is -1.57. The smallest absolute Gasteiger partial charge is 0.193 e. The fourth-order valence-corrected chi connectivity index (χ4v) is 2.16. The molecule has 0 radical (unpaired) electrons. The molecule has 0 aliphatic rings. The Balaban J connectivity index is 0.00000242. The number of nitrogens with zero attached hydrogens (tertiary/aromatic N) is 2. The topological polar surface area (TPSA) is 76.4 Å². The van der Waals surface area contributed by atoms with Gasteiger partial charge in [0, 0.05) is 17.8 Å². The lowest BCUT2D eigenvalue weighted by molar-refractivity contribution is 0.392. The number of aromatic nitrogens is 1. The molecule has 1 aromatic carbocycles. The molecule has 0 fully saturated rings. The van der Waals surface area contributed by atoms with Gasteiger partial charge in [-0.1, -0.05) is 24.2 Å². The number of halogens is 1. The summed E-state index contributed by atoms with van der Waals surface area (Å²) in [6.07, 6.45) is 1.81. The summed E-state index contributed by atoms with van der Waals surface area (Å²) in [5.74, 6) is 1.27. The summed E-state index contributed by atoms with van der Waals surface area (Å²) in [5, 5.41) is 7.02. The van der Waals surface area contributed by atoms with Crippen LogP contribution in [0.1, 0.15) is 29.5 Å². The van der Waals surface area contributed by atoms with E-state index >= 15 is 0 Å². The van der Waals surface area contributed by atoms with Gasteiger partial charge in [0.15, 0.2) is 5.96 Å². The molecule has 0 bridgehead atoms. The van der Waals surface area contributed by atoms with Crippen LogP contribution in [0.5, 0.6) is 0 Å². The Morgan fingerprint density at radius 2 is 1.95 bits per heavy atom. The summed E-state index contributed by atoms with van der Waals surface area (Å²) in [6, 6.07) is 8.18.